The number of nitrogens with one attached hydrogen (secondary N) is 1. The number of aromatic nitrogens is 1. The summed E-state index contributed by atoms with van der Waals surface area (Å²) in [6.45, 7) is 1.21. The van der Waals surface area contributed by atoms with Gasteiger partial charge in [0.1, 0.15) is 11.9 Å². The van der Waals surface area contributed by atoms with Crippen molar-refractivity contribution in [3.63, 3.8) is 0 Å². The fourth-order valence-electron chi connectivity index (χ4n) is 2.81. The van der Waals surface area contributed by atoms with Gasteiger partial charge in [0.05, 0.1) is 6.54 Å². The maximum absolute atomic E-state index is 12.2. The van der Waals surface area contributed by atoms with Gasteiger partial charge in [0, 0.05) is 30.4 Å². The minimum atomic E-state index is -3.89. The van der Waals surface area contributed by atoms with Crippen molar-refractivity contribution in [2.45, 2.75) is 37.0 Å². The van der Waals surface area contributed by atoms with Gasteiger partial charge in [0.15, 0.2) is 14.6 Å². The number of ether oxygens (including phenoxy) is 1. The number of rotatable bonds is 5. The van der Waals surface area contributed by atoms with E-state index < -0.39 is 32.7 Å². The van der Waals surface area contributed by atoms with Gasteiger partial charge in [-0.2, -0.15) is 0 Å². The van der Waals surface area contributed by atoms with Crippen molar-refractivity contribution in [3.05, 3.63) is 23.9 Å². The smallest absolute Gasteiger partial charge is 0.415 e. The van der Waals surface area contributed by atoms with Crippen LogP contribution in [0.2, 0.25) is 0 Å². The number of hydroxylamine groups is 1. The lowest BCUT2D eigenvalue weighted by molar-refractivity contribution is -0.132. The Bertz CT molecular complexity index is 946. The highest BCUT2D eigenvalue weighted by Gasteiger charge is 2.48. The molecule has 2 aliphatic rings. The first-order valence-corrected chi connectivity index (χ1v) is 10.6. The molecule has 1 saturated carbocycles. The van der Waals surface area contributed by atoms with Crippen molar-refractivity contribution >= 4 is 27.7 Å². The topological polar surface area (TPSA) is 126 Å². The third-order valence-corrected chi connectivity index (χ3v) is 6.90. The Morgan fingerprint density at radius 2 is 2.18 bits per heavy atom. The maximum atomic E-state index is 12.2. The molecule has 0 radical (unpaired) electrons. The summed E-state index contributed by atoms with van der Waals surface area (Å²) in [5, 5.41) is 8.89. The van der Waals surface area contributed by atoms with E-state index in [1.807, 2.05) is 0 Å². The van der Waals surface area contributed by atoms with Crippen molar-refractivity contribution < 1.29 is 28.0 Å². The van der Waals surface area contributed by atoms with Crippen LogP contribution in [-0.2, 0) is 19.4 Å². The van der Waals surface area contributed by atoms with Crippen LogP contribution in [0.5, 0.6) is 0 Å². The van der Waals surface area contributed by atoms with Crippen LogP contribution in [0, 0.1) is 17.8 Å². The number of cyclic esters (lactones) is 1. The summed E-state index contributed by atoms with van der Waals surface area (Å²) in [5.41, 5.74) is 2.11. The van der Waals surface area contributed by atoms with Gasteiger partial charge in [0.2, 0.25) is 0 Å². The standard InChI is InChI=1S/C18H21N3O6S/c1-18(16(22)20-24,28(2,25)26)9-14-11-21(17(23)27-14)15-8-7-13(10-19-15)6-5-12-3-4-12/h7-8,10,12,14,24H,3-4,9,11H2,1-2H3,(H,20,22). The van der Waals surface area contributed by atoms with Crippen LogP contribution in [0.3, 0.4) is 0 Å². The zero-order chi connectivity index (χ0) is 20.5. The van der Waals surface area contributed by atoms with Crippen molar-refractivity contribution in [1.29, 1.82) is 0 Å². The number of carbonyl (C=O) groups is 2. The molecule has 0 spiro atoms. The van der Waals surface area contributed by atoms with Gasteiger partial charge in [0.25, 0.3) is 5.91 Å². The van der Waals surface area contributed by atoms with Gasteiger partial charge in [-0.1, -0.05) is 11.8 Å². The molecule has 3 rings (SSSR count). The second-order valence-electron chi connectivity index (χ2n) is 7.21. The summed E-state index contributed by atoms with van der Waals surface area (Å²) >= 11 is 0. The lowest BCUT2D eigenvalue weighted by Crippen LogP contribution is -2.51. The summed E-state index contributed by atoms with van der Waals surface area (Å²) in [5.74, 6) is 5.88. The lowest BCUT2D eigenvalue weighted by atomic mass is 10.0. The second-order valence-corrected chi connectivity index (χ2v) is 9.66. The van der Waals surface area contributed by atoms with E-state index in [-0.39, 0.29) is 13.0 Å². The molecule has 1 aromatic heterocycles. The van der Waals surface area contributed by atoms with Crippen LogP contribution in [-0.4, -0.2) is 54.3 Å². The molecule has 2 amide bonds. The average molecular weight is 407 g/mol. The molecule has 0 bridgehead atoms. The third-order valence-electron chi connectivity index (χ3n) is 4.91. The number of amides is 2. The Balaban J connectivity index is 1.72. The van der Waals surface area contributed by atoms with E-state index in [1.54, 1.807) is 18.3 Å². The predicted octanol–water partition coefficient (Wildman–Crippen LogP) is 0.867. The van der Waals surface area contributed by atoms with Crippen molar-refractivity contribution in [2.75, 3.05) is 17.7 Å². The van der Waals surface area contributed by atoms with Crippen LogP contribution in [0.1, 0.15) is 31.7 Å². The molecule has 2 heterocycles. The molecule has 2 atom stereocenters. The van der Waals surface area contributed by atoms with E-state index in [9.17, 15) is 18.0 Å². The highest BCUT2D eigenvalue weighted by Crippen LogP contribution is 2.30. The zero-order valence-electron chi connectivity index (χ0n) is 15.5. The van der Waals surface area contributed by atoms with Gasteiger partial charge in [-0.05, 0) is 31.9 Å². The maximum Gasteiger partial charge on any atom is 0.415 e. The largest absolute Gasteiger partial charge is 0.444 e. The Labute approximate surface area is 163 Å². The molecule has 10 heteroatoms. The molecule has 9 nitrogen and oxygen atoms in total. The molecule has 0 aromatic carbocycles. The number of hydrogen-bond acceptors (Lipinski definition) is 7. The molecular formula is C18H21N3O6S. The highest BCUT2D eigenvalue weighted by atomic mass is 32.2. The first-order chi connectivity index (χ1) is 13.1. The molecule has 2 fully saturated rings. The minimum Gasteiger partial charge on any atom is -0.444 e. The van der Waals surface area contributed by atoms with E-state index in [4.69, 9.17) is 9.94 Å². The second kappa shape index (κ2) is 7.41. The third kappa shape index (κ3) is 4.10. The first-order valence-electron chi connectivity index (χ1n) is 8.74. The molecule has 1 saturated heterocycles. The molecule has 1 aliphatic heterocycles. The van der Waals surface area contributed by atoms with Crippen molar-refractivity contribution in [1.82, 2.24) is 10.5 Å². The zero-order valence-corrected chi connectivity index (χ0v) is 16.3. The summed E-state index contributed by atoms with van der Waals surface area (Å²) < 4.78 is 27.4. The highest BCUT2D eigenvalue weighted by molar-refractivity contribution is 7.92. The normalized spacial score (nSPS) is 21.3. The van der Waals surface area contributed by atoms with Gasteiger partial charge in [-0.25, -0.2) is 23.7 Å². The van der Waals surface area contributed by atoms with E-state index in [2.05, 4.69) is 16.8 Å². The average Bonchev–Trinajstić information content (AvgIpc) is 3.41. The Hall–Kier alpha value is -2.64. The molecule has 150 valence electrons. The van der Waals surface area contributed by atoms with Crippen LogP contribution in [0.15, 0.2) is 18.3 Å². The molecule has 2 unspecified atom stereocenters. The molecule has 2 N–H and O–H groups in total. The Morgan fingerprint density at radius 3 is 2.71 bits per heavy atom. The Kier molecular flexibility index (Phi) is 5.32. The van der Waals surface area contributed by atoms with Crippen molar-refractivity contribution in [3.8, 4) is 11.8 Å². The molecule has 1 aromatic rings. The predicted molar refractivity (Wildman–Crippen MR) is 99.2 cm³/mol. The first kappa shape index (κ1) is 20.1. The summed E-state index contributed by atoms with van der Waals surface area (Å²) in [4.78, 5) is 29.6. The molecule has 28 heavy (non-hydrogen) atoms. The number of pyridine rings is 1. The number of carbonyl (C=O) groups excluding carboxylic acids is 2. The monoisotopic (exact) mass is 407 g/mol. The quantitative estimate of drug-likeness (QED) is 0.421. The minimum absolute atomic E-state index is 0.0305. The van der Waals surface area contributed by atoms with Crippen LogP contribution >= 0.6 is 0 Å². The summed E-state index contributed by atoms with van der Waals surface area (Å²) in [6, 6.07) is 3.38. The molecular weight excluding hydrogens is 386 g/mol. The van der Waals surface area contributed by atoms with Crippen LogP contribution < -0.4 is 10.4 Å². The number of anilines is 1. The van der Waals surface area contributed by atoms with Crippen LogP contribution in [0.25, 0.3) is 0 Å². The van der Waals surface area contributed by atoms with Gasteiger partial charge >= 0.3 is 6.09 Å². The van der Waals surface area contributed by atoms with E-state index >= 15 is 0 Å². The number of nitrogens with zero attached hydrogens (tertiary/aromatic N) is 2. The van der Waals surface area contributed by atoms with Crippen molar-refractivity contribution in [2.24, 2.45) is 5.92 Å². The van der Waals surface area contributed by atoms with Crippen LogP contribution in [0.4, 0.5) is 10.6 Å². The van der Waals surface area contributed by atoms with Gasteiger partial charge < -0.3 is 4.74 Å². The number of hydrogen-bond donors (Lipinski definition) is 2. The lowest BCUT2D eigenvalue weighted by Gasteiger charge is -2.26. The van der Waals surface area contributed by atoms with E-state index in [0.717, 1.165) is 24.7 Å². The van der Waals surface area contributed by atoms with E-state index in [0.29, 0.717) is 11.7 Å². The van der Waals surface area contributed by atoms with Gasteiger partial charge in [-0.15, -0.1) is 0 Å². The SMILES string of the molecule is CC(CC1CN(c2ccc(C#CC3CC3)cn2)C(=O)O1)(C(=O)NO)S(C)(=O)=O. The molecule has 1 aliphatic carbocycles. The summed E-state index contributed by atoms with van der Waals surface area (Å²) in [7, 11) is -3.89. The van der Waals surface area contributed by atoms with E-state index in [1.165, 1.54) is 17.3 Å². The fourth-order valence-corrected chi connectivity index (χ4v) is 3.68. The van der Waals surface area contributed by atoms with Gasteiger partial charge in [-0.3, -0.25) is 14.9 Å². The number of sulfone groups is 1. The fraction of sp³-hybridized carbons (Fsp3) is 0.500. The summed E-state index contributed by atoms with van der Waals surface area (Å²) in [6.07, 6.45) is 2.85. The Morgan fingerprint density at radius 1 is 1.46 bits per heavy atom.